The van der Waals surface area contributed by atoms with Crippen LogP contribution in [0.4, 0.5) is 14.9 Å². The fourth-order valence-electron chi connectivity index (χ4n) is 1.22. The monoisotopic (exact) mass is 224 g/mol. The molecule has 0 saturated heterocycles. The van der Waals surface area contributed by atoms with Crippen LogP contribution in [-0.2, 0) is 0 Å². The van der Waals surface area contributed by atoms with Crippen molar-refractivity contribution in [1.29, 1.82) is 0 Å². The Bertz CT molecular complexity index is 396. The Morgan fingerprint density at radius 1 is 1.31 bits per heavy atom. The maximum absolute atomic E-state index is 13.0. The van der Waals surface area contributed by atoms with Gasteiger partial charge in [-0.25, -0.2) is 9.18 Å². The number of hydrogen-bond donors (Lipinski definition) is 2. The number of rotatable bonds is 1. The van der Waals surface area contributed by atoms with Crippen LogP contribution in [0, 0.1) is 12.7 Å². The summed E-state index contributed by atoms with van der Waals surface area (Å²) in [6, 6.07) is 3.96. The number of urea groups is 1. The van der Waals surface area contributed by atoms with Gasteiger partial charge in [0.1, 0.15) is 5.82 Å². The summed E-state index contributed by atoms with van der Waals surface area (Å²) < 4.78 is 13.0. The lowest BCUT2D eigenvalue weighted by molar-refractivity contribution is 0.244. The van der Waals surface area contributed by atoms with Gasteiger partial charge in [0.05, 0.1) is 0 Å². The first-order valence-corrected chi connectivity index (χ1v) is 5.13. The molecule has 4 heteroatoms. The minimum absolute atomic E-state index is 0.314. The lowest BCUT2D eigenvalue weighted by atomic mass is 10.1. The van der Waals surface area contributed by atoms with Gasteiger partial charge in [0, 0.05) is 11.2 Å². The van der Waals surface area contributed by atoms with Crippen molar-refractivity contribution in [3.05, 3.63) is 29.6 Å². The number of benzene rings is 1. The molecule has 0 atom stereocenters. The van der Waals surface area contributed by atoms with Crippen LogP contribution in [0.15, 0.2) is 18.2 Å². The molecule has 1 aromatic rings. The van der Waals surface area contributed by atoms with E-state index >= 15 is 0 Å². The Labute approximate surface area is 95.0 Å². The molecule has 0 bridgehead atoms. The van der Waals surface area contributed by atoms with Gasteiger partial charge in [0.25, 0.3) is 0 Å². The Morgan fingerprint density at radius 2 is 1.94 bits per heavy atom. The fraction of sp³-hybridized carbons (Fsp3) is 0.417. The van der Waals surface area contributed by atoms with E-state index in [1.807, 2.05) is 27.7 Å². The summed E-state index contributed by atoms with van der Waals surface area (Å²) in [6.07, 6.45) is 0. The molecule has 0 unspecified atom stereocenters. The molecule has 0 aromatic heterocycles. The van der Waals surface area contributed by atoms with E-state index in [9.17, 15) is 9.18 Å². The quantitative estimate of drug-likeness (QED) is 0.756. The summed E-state index contributed by atoms with van der Waals surface area (Å²) in [6.45, 7) is 7.45. The summed E-state index contributed by atoms with van der Waals surface area (Å²) in [5, 5.41) is 5.36. The summed E-state index contributed by atoms with van der Waals surface area (Å²) in [5.41, 5.74) is 0.998. The highest BCUT2D eigenvalue weighted by Crippen LogP contribution is 2.15. The first kappa shape index (κ1) is 12.5. The molecular formula is C12H17FN2O. The summed E-state index contributed by atoms with van der Waals surface area (Å²) in [7, 11) is 0. The number of nitrogens with one attached hydrogen (secondary N) is 2. The van der Waals surface area contributed by atoms with E-state index in [4.69, 9.17) is 0 Å². The predicted molar refractivity (Wildman–Crippen MR) is 63.0 cm³/mol. The zero-order valence-electron chi connectivity index (χ0n) is 10.0. The average Bonchev–Trinajstić information content (AvgIpc) is 2.08. The lowest BCUT2D eigenvalue weighted by Crippen LogP contribution is -2.43. The molecule has 0 fully saturated rings. The van der Waals surface area contributed by atoms with E-state index in [1.54, 1.807) is 6.07 Å². The Morgan fingerprint density at radius 3 is 2.50 bits per heavy atom. The smallest absolute Gasteiger partial charge is 0.319 e. The minimum atomic E-state index is -0.364. The van der Waals surface area contributed by atoms with Gasteiger partial charge >= 0.3 is 6.03 Å². The zero-order valence-corrected chi connectivity index (χ0v) is 10.0. The molecule has 0 spiro atoms. The van der Waals surface area contributed by atoms with E-state index in [1.165, 1.54) is 12.1 Å². The fourth-order valence-corrected chi connectivity index (χ4v) is 1.22. The second-order valence-electron chi connectivity index (χ2n) is 4.79. The van der Waals surface area contributed by atoms with E-state index in [0.29, 0.717) is 5.69 Å². The van der Waals surface area contributed by atoms with Crippen LogP contribution in [0.25, 0.3) is 0 Å². The molecule has 0 aliphatic heterocycles. The van der Waals surface area contributed by atoms with Crippen LogP contribution < -0.4 is 10.6 Å². The summed E-state index contributed by atoms with van der Waals surface area (Å²) in [4.78, 5) is 11.5. The maximum Gasteiger partial charge on any atom is 0.319 e. The maximum atomic E-state index is 13.0. The number of halogens is 1. The lowest BCUT2D eigenvalue weighted by Gasteiger charge is -2.21. The molecule has 2 N–H and O–H groups in total. The third-order valence-electron chi connectivity index (χ3n) is 1.94. The molecule has 16 heavy (non-hydrogen) atoms. The normalized spacial score (nSPS) is 11.1. The van der Waals surface area contributed by atoms with Crippen LogP contribution in [0.5, 0.6) is 0 Å². The van der Waals surface area contributed by atoms with Crippen LogP contribution in [0.2, 0.25) is 0 Å². The first-order valence-electron chi connectivity index (χ1n) is 5.13. The van der Waals surface area contributed by atoms with E-state index in [2.05, 4.69) is 10.6 Å². The van der Waals surface area contributed by atoms with Gasteiger partial charge in [-0.05, 0) is 45.4 Å². The van der Waals surface area contributed by atoms with Crippen molar-refractivity contribution < 1.29 is 9.18 Å². The van der Waals surface area contributed by atoms with Gasteiger partial charge in [-0.1, -0.05) is 6.07 Å². The largest absolute Gasteiger partial charge is 0.333 e. The molecule has 0 heterocycles. The van der Waals surface area contributed by atoms with Crippen molar-refractivity contribution in [2.24, 2.45) is 0 Å². The highest BCUT2D eigenvalue weighted by atomic mass is 19.1. The number of carbonyl (C=O) groups is 1. The first-order chi connectivity index (χ1) is 7.28. The Hall–Kier alpha value is -1.58. The Balaban J connectivity index is 2.73. The van der Waals surface area contributed by atoms with Crippen molar-refractivity contribution in [2.75, 3.05) is 5.32 Å². The number of amides is 2. The van der Waals surface area contributed by atoms with Crippen LogP contribution >= 0.6 is 0 Å². The second kappa shape index (κ2) is 4.51. The van der Waals surface area contributed by atoms with Crippen molar-refractivity contribution in [3.63, 3.8) is 0 Å². The summed E-state index contributed by atoms with van der Waals surface area (Å²) >= 11 is 0. The van der Waals surface area contributed by atoms with Crippen molar-refractivity contribution in [1.82, 2.24) is 5.32 Å². The zero-order chi connectivity index (χ0) is 12.3. The molecule has 2 amide bonds. The van der Waals surface area contributed by atoms with E-state index in [-0.39, 0.29) is 17.4 Å². The molecule has 3 nitrogen and oxygen atoms in total. The van der Waals surface area contributed by atoms with Gasteiger partial charge in [-0.3, -0.25) is 0 Å². The highest BCUT2D eigenvalue weighted by molar-refractivity contribution is 5.90. The molecule has 1 aromatic carbocycles. The van der Waals surface area contributed by atoms with Crippen LogP contribution in [0.1, 0.15) is 26.3 Å². The summed E-state index contributed by atoms with van der Waals surface area (Å²) in [5.74, 6) is -0.364. The number of carbonyl (C=O) groups excluding carboxylic acids is 1. The van der Waals surface area contributed by atoms with Crippen molar-refractivity contribution in [3.8, 4) is 0 Å². The SMILES string of the molecule is Cc1ccc(F)cc1NC(=O)NC(C)(C)C. The number of aryl methyl sites for hydroxylation is 1. The van der Waals surface area contributed by atoms with E-state index < -0.39 is 0 Å². The van der Waals surface area contributed by atoms with Crippen molar-refractivity contribution >= 4 is 11.7 Å². The molecule has 1 rings (SSSR count). The average molecular weight is 224 g/mol. The second-order valence-corrected chi connectivity index (χ2v) is 4.79. The molecule has 0 radical (unpaired) electrons. The van der Waals surface area contributed by atoms with Gasteiger partial charge in [-0.2, -0.15) is 0 Å². The van der Waals surface area contributed by atoms with E-state index in [0.717, 1.165) is 5.56 Å². The Kier molecular flexibility index (Phi) is 3.52. The highest BCUT2D eigenvalue weighted by Gasteiger charge is 2.14. The third-order valence-corrected chi connectivity index (χ3v) is 1.94. The topological polar surface area (TPSA) is 41.1 Å². The van der Waals surface area contributed by atoms with Crippen LogP contribution in [-0.4, -0.2) is 11.6 Å². The molecule has 0 aliphatic carbocycles. The minimum Gasteiger partial charge on any atom is -0.333 e. The molecule has 0 aliphatic rings. The third kappa shape index (κ3) is 3.88. The molecule has 0 saturated carbocycles. The van der Waals surface area contributed by atoms with Gasteiger partial charge < -0.3 is 10.6 Å². The molecular weight excluding hydrogens is 207 g/mol. The van der Waals surface area contributed by atoms with Gasteiger partial charge in [0.2, 0.25) is 0 Å². The molecule has 88 valence electrons. The van der Waals surface area contributed by atoms with Gasteiger partial charge in [0.15, 0.2) is 0 Å². The van der Waals surface area contributed by atoms with Crippen molar-refractivity contribution in [2.45, 2.75) is 33.2 Å². The van der Waals surface area contributed by atoms with Crippen LogP contribution in [0.3, 0.4) is 0 Å². The number of hydrogen-bond acceptors (Lipinski definition) is 1. The van der Waals surface area contributed by atoms with Gasteiger partial charge in [-0.15, -0.1) is 0 Å². The number of anilines is 1. The predicted octanol–water partition coefficient (Wildman–Crippen LogP) is 3.05. The standard InChI is InChI=1S/C12H17FN2O/c1-8-5-6-9(13)7-10(8)14-11(16)15-12(2,3)4/h5-7H,1-4H3,(H2,14,15,16).